The van der Waals surface area contributed by atoms with Crippen LogP contribution in [0.1, 0.15) is 50.2 Å². The molecular formula is C24H34NO2+. The van der Waals surface area contributed by atoms with Crippen LogP contribution in [0, 0.1) is 5.92 Å². The lowest BCUT2D eigenvalue weighted by molar-refractivity contribution is -0.671. The standard InChI is InChI=1S/C24H33NO2/c1-24(2)17-21(14-16-27-24)23(20-9-11-22(26-3)12-10-20)13-15-25-18-19-7-5-4-6-8-19/h4-12,21,23,25H,13-18H2,1-3H3/p+1/t21-,23-/m1/s1. The van der Waals surface area contributed by atoms with Crippen molar-refractivity contribution in [1.82, 2.24) is 0 Å². The first kappa shape index (κ1) is 19.9. The van der Waals surface area contributed by atoms with Crippen LogP contribution in [-0.2, 0) is 11.3 Å². The molecule has 3 heteroatoms. The van der Waals surface area contributed by atoms with Crippen LogP contribution in [0.4, 0.5) is 0 Å². The van der Waals surface area contributed by atoms with E-state index in [0.717, 1.165) is 38.3 Å². The lowest BCUT2D eigenvalue weighted by Gasteiger charge is -2.39. The number of quaternary nitrogens is 1. The molecule has 1 heterocycles. The van der Waals surface area contributed by atoms with Crippen molar-refractivity contribution in [2.24, 2.45) is 5.92 Å². The van der Waals surface area contributed by atoms with Crippen molar-refractivity contribution >= 4 is 0 Å². The molecule has 2 atom stereocenters. The largest absolute Gasteiger partial charge is 0.497 e. The second-order valence-electron chi connectivity index (χ2n) is 8.30. The van der Waals surface area contributed by atoms with E-state index >= 15 is 0 Å². The SMILES string of the molecule is COc1ccc([C@@H](CC[NH2+]Cc2ccccc2)[C@@H]2CCOC(C)(C)C2)cc1. The van der Waals surface area contributed by atoms with Crippen molar-refractivity contribution in [3.8, 4) is 5.75 Å². The Morgan fingerprint density at radius 2 is 1.85 bits per heavy atom. The minimum atomic E-state index is -0.0125. The molecule has 27 heavy (non-hydrogen) atoms. The van der Waals surface area contributed by atoms with Gasteiger partial charge in [0.05, 0.1) is 19.3 Å². The summed E-state index contributed by atoms with van der Waals surface area (Å²) in [5.74, 6) is 2.18. The second-order valence-corrected chi connectivity index (χ2v) is 8.30. The Labute approximate surface area is 164 Å². The zero-order chi connectivity index (χ0) is 19.1. The lowest BCUT2D eigenvalue weighted by atomic mass is 9.75. The highest BCUT2D eigenvalue weighted by molar-refractivity contribution is 5.30. The predicted molar refractivity (Wildman–Crippen MR) is 110 cm³/mol. The fraction of sp³-hybridized carbons (Fsp3) is 0.500. The molecule has 1 saturated heterocycles. The molecular weight excluding hydrogens is 334 g/mol. The van der Waals surface area contributed by atoms with Crippen LogP contribution in [0.25, 0.3) is 0 Å². The van der Waals surface area contributed by atoms with Gasteiger partial charge in [0.2, 0.25) is 0 Å². The summed E-state index contributed by atoms with van der Waals surface area (Å²) >= 11 is 0. The molecule has 1 aliphatic heterocycles. The number of hydrogen-bond donors (Lipinski definition) is 1. The van der Waals surface area contributed by atoms with Crippen molar-refractivity contribution in [3.05, 3.63) is 65.7 Å². The first-order valence-corrected chi connectivity index (χ1v) is 10.2. The summed E-state index contributed by atoms with van der Waals surface area (Å²) in [6, 6.07) is 19.4. The highest BCUT2D eigenvalue weighted by Gasteiger charge is 2.34. The van der Waals surface area contributed by atoms with Crippen LogP contribution in [0.15, 0.2) is 54.6 Å². The summed E-state index contributed by atoms with van der Waals surface area (Å²) in [5.41, 5.74) is 2.82. The third kappa shape index (κ3) is 5.82. The number of nitrogens with two attached hydrogens (primary N) is 1. The molecule has 0 amide bonds. The molecule has 1 aliphatic rings. The number of methoxy groups -OCH3 is 1. The van der Waals surface area contributed by atoms with Crippen LogP contribution in [0.3, 0.4) is 0 Å². The molecule has 3 rings (SSSR count). The molecule has 0 spiro atoms. The number of benzene rings is 2. The van der Waals surface area contributed by atoms with Crippen molar-refractivity contribution in [2.75, 3.05) is 20.3 Å². The monoisotopic (exact) mass is 368 g/mol. The van der Waals surface area contributed by atoms with Gasteiger partial charge in [-0.1, -0.05) is 42.5 Å². The zero-order valence-electron chi connectivity index (χ0n) is 17.0. The second kappa shape index (κ2) is 9.38. The number of hydrogen-bond acceptors (Lipinski definition) is 2. The van der Waals surface area contributed by atoms with Gasteiger partial charge in [0, 0.05) is 18.6 Å². The summed E-state index contributed by atoms with van der Waals surface area (Å²) < 4.78 is 11.3. The van der Waals surface area contributed by atoms with Crippen molar-refractivity contribution in [1.29, 1.82) is 0 Å². The van der Waals surface area contributed by atoms with E-state index < -0.39 is 0 Å². The molecule has 0 bridgehead atoms. The summed E-state index contributed by atoms with van der Waals surface area (Å²) in [6.45, 7) is 7.52. The summed E-state index contributed by atoms with van der Waals surface area (Å²) in [7, 11) is 1.73. The molecule has 2 aromatic rings. The Morgan fingerprint density at radius 3 is 2.52 bits per heavy atom. The van der Waals surface area contributed by atoms with Crippen LogP contribution in [-0.4, -0.2) is 25.9 Å². The van der Waals surface area contributed by atoms with Crippen molar-refractivity contribution in [2.45, 2.75) is 51.2 Å². The quantitative estimate of drug-likeness (QED) is 0.711. The molecule has 1 fully saturated rings. The number of ether oxygens (including phenoxy) is 2. The van der Waals surface area contributed by atoms with Gasteiger partial charge < -0.3 is 14.8 Å². The Bertz CT molecular complexity index is 681. The van der Waals surface area contributed by atoms with E-state index in [9.17, 15) is 0 Å². The van der Waals surface area contributed by atoms with Gasteiger partial charge in [-0.3, -0.25) is 0 Å². The van der Waals surface area contributed by atoms with Gasteiger partial charge >= 0.3 is 0 Å². The van der Waals surface area contributed by atoms with Gasteiger partial charge in [0.25, 0.3) is 0 Å². The van der Waals surface area contributed by atoms with Gasteiger partial charge in [-0.2, -0.15) is 0 Å². The van der Waals surface area contributed by atoms with Crippen LogP contribution in [0.5, 0.6) is 5.75 Å². The normalized spacial score (nSPS) is 20.2. The van der Waals surface area contributed by atoms with Gasteiger partial charge in [-0.05, 0) is 56.2 Å². The van der Waals surface area contributed by atoms with Crippen molar-refractivity contribution < 1.29 is 14.8 Å². The fourth-order valence-corrected chi connectivity index (χ4v) is 4.33. The molecule has 0 radical (unpaired) electrons. The van der Waals surface area contributed by atoms with E-state index in [-0.39, 0.29) is 5.60 Å². The highest BCUT2D eigenvalue weighted by Crippen LogP contribution is 2.40. The molecule has 2 aromatic carbocycles. The smallest absolute Gasteiger partial charge is 0.118 e. The Hall–Kier alpha value is -1.84. The van der Waals surface area contributed by atoms with E-state index in [1.54, 1.807) is 7.11 Å². The molecule has 0 aliphatic carbocycles. The highest BCUT2D eigenvalue weighted by atomic mass is 16.5. The van der Waals surface area contributed by atoms with Gasteiger partial charge in [-0.15, -0.1) is 0 Å². The third-order valence-corrected chi connectivity index (χ3v) is 5.75. The molecule has 0 saturated carbocycles. The topological polar surface area (TPSA) is 35.1 Å². The third-order valence-electron chi connectivity index (χ3n) is 5.75. The molecule has 0 aromatic heterocycles. The van der Waals surface area contributed by atoms with E-state index in [2.05, 4.69) is 73.8 Å². The van der Waals surface area contributed by atoms with Crippen molar-refractivity contribution in [3.63, 3.8) is 0 Å². The maximum atomic E-state index is 5.97. The average Bonchev–Trinajstić information content (AvgIpc) is 2.68. The van der Waals surface area contributed by atoms with Crippen LogP contribution >= 0.6 is 0 Å². The van der Waals surface area contributed by atoms with Gasteiger partial charge in [-0.25, -0.2) is 0 Å². The maximum Gasteiger partial charge on any atom is 0.118 e. The first-order valence-electron chi connectivity index (χ1n) is 10.2. The fourth-order valence-electron chi connectivity index (χ4n) is 4.33. The van der Waals surface area contributed by atoms with Gasteiger partial charge in [0.1, 0.15) is 12.3 Å². The molecule has 3 nitrogen and oxygen atoms in total. The molecule has 0 unspecified atom stereocenters. The Kier molecular flexibility index (Phi) is 6.92. The molecule has 2 N–H and O–H groups in total. The van der Waals surface area contributed by atoms with E-state index in [4.69, 9.17) is 9.47 Å². The minimum absolute atomic E-state index is 0.0125. The average molecular weight is 369 g/mol. The Balaban J connectivity index is 1.65. The van der Waals surface area contributed by atoms with Crippen LogP contribution < -0.4 is 10.1 Å². The Morgan fingerprint density at radius 1 is 1.11 bits per heavy atom. The predicted octanol–water partition coefficient (Wildman–Crippen LogP) is 4.14. The van der Waals surface area contributed by atoms with Gasteiger partial charge in [0.15, 0.2) is 0 Å². The minimum Gasteiger partial charge on any atom is -0.497 e. The maximum absolute atomic E-state index is 5.97. The van der Waals surface area contributed by atoms with E-state index in [1.165, 1.54) is 17.5 Å². The summed E-state index contributed by atoms with van der Waals surface area (Å²) in [5, 5.41) is 2.44. The van der Waals surface area contributed by atoms with Crippen LogP contribution in [0.2, 0.25) is 0 Å². The zero-order valence-corrected chi connectivity index (χ0v) is 17.0. The van der Waals surface area contributed by atoms with E-state index in [1.807, 2.05) is 0 Å². The summed E-state index contributed by atoms with van der Waals surface area (Å²) in [6.07, 6.45) is 3.47. The van der Waals surface area contributed by atoms with E-state index in [0.29, 0.717) is 11.8 Å². The molecule has 146 valence electrons. The number of rotatable bonds is 8. The first-order chi connectivity index (χ1) is 13.1. The summed E-state index contributed by atoms with van der Waals surface area (Å²) in [4.78, 5) is 0. The lowest BCUT2D eigenvalue weighted by Crippen LogP contribution is -2.82.